The Bertz CT molecular complexity index is 265. The van der Waals surface area contributed by atoms with Gasteiger partial charge in [-0.05, 0) is 18.9 Å². The van der Waals surface area contributed by atoms with Crippen molar-refractivity contribution in [3.8, 4) is 0 Å². The molecule has 0 aliphatic rings. The fourth-order valence-corrected chi connectivity index (χ4v) is 2.36. The highest BCUT2D eigenvalue weighted by molar-refractivity contribution is 7.91. The van der Waals surface area contributed by atoms with Gasteiger partial charge in [-0.2, -0.15) is 0 Å². The molecule has 0 heterocycles. The molecule has 0 aliphatic heterocycles. The van der Waals surface area contributed by atoms with E-state index in [1.165, 1.54) is 0 Å². The van der Waals surface area contributed by atoms with Crippen LogP contribution in [0.5, 0.6) is 0 Å². The summed E-state index contributed by atoms with van der Waals surface area (Å²) in [5, 5.41) is 0. The highest BCUT2D eigenvalue weighted by atomic mass is 32.2. The molecule has 92 valence electrons. The van der Waals surface area contributed by atoms with Crippen molar-refractivity contribution in [1.29, 1.82) is 0 Å². The van der Waals surface area contributed by atoms with Crippen LogP contribution in [0.4, 0.5) is 4.39 Å². The molecule has 0 aromatic carbocycles. The Labute approximate surface area is 92.2 Å². The molecule has 2 atom stereocenters. The second-order valence-electron chi connectivity index (χ2n) is 4.18. The van der Waals surface area contributed by atoms with Crippen molar-refractivity contribution in [3.05, 3.63) is 0 Å². The lowest BCUT2D eigenvalue weighted by atomic mass is 9.90. The summed E-state index contributed by atoms with van der Waals surface area (Å²) in [6.07, 6.45) is -1.05. The monoisotopic (exact) mass is 239 g/mol. The van der Waals surface area contributed by atoms with Crippen LogP contribution in [0.1, 0.15) is 27.2 Å². The summed E-state index contributed by atoms with van der Waals surface area (Å²) >= 11 is 0. The molecule has 0 rings (SSSR count). The first-order valence-corrected chi connectivity index (χ1v) is 7.20. The summed E-state index contributed by atoms with van der Waals surface area (Å²) < 4.78 is 36.0. The van der Waals surface area contributed by atoms with Gasteiger partial charge in [-0.3, -0.25) is 0 Å². The molecule has 0 aliphatic carbocycles. The molecule has 2 N–H and O–H groups in total. The minimum Gasteiger partial charge on any atom is -0.330 e. The summed E-state index contributed by atoms with van der Waals surface area (Å²) in [5.41, 5.74) is 5.46. The van der Waals surface area contributed by atoms with E-state index >= 15 is 0 Å². The maximum absolute atomic E-state index is 13.6. The van der Waals surface area contributed by atoms with Gasteiger partial charge in [0, 0.05) is 11.7 Å². The van der Waals surface area contributed by atoms with Gasteiger partial charge < -0.3 is 5.73 Å². The Balaban J connectivity index is 4.18. The van der Waals surface area contributed by atoms with Crippen molar-refractivity contribution >= 4 is 9.84 Å². The largest absolute Gasteiger partial charge is 0.330 e. The first-order chi connectivity index (χ1) is 6.84. The quantitative estimate of drug-likeness (QED) is 0.730. The van der Waals surface area contributed by atoms with Crippen LogP contribution in [0.25, 0.3) is 0 Å². The fraction of sp³-hybridized carbons (Fsp3) is 1.00. The first kappa shape index (κ1) is 14.8. The van der Waals surface area contributed by atoms with Gasteiger partial charge in [0.25, 0.3) is 0 Å². The van der Waals surface area contributed by atoms with Gasteiger partial charge in [-0.1, -0.05) is 20.8 Å². The van der Waals surface area contributed by atoms with E-state index in [0.29, 0.717) is 0 Å². The topological polar surface area (TPSA) is 60.2 Å². The third-order valence-electron chi connectivity index (χ3n) is 2.74. The van der Waals surface area contributed by atoms with E-state index in [-0.39, 0.29) is 36.3 Å². The second kappa shape index (κ2) is 6.43. The molecular weight excluding hydrogens is 217 g/mol. The minimum atomic E-state index is -3.06. The predicted molar refractivity (Wildman–Crippen MR) is 61.2 cm³/mol. The Morgan fingerprint density at radius 3 is 2.20 bits per heavy atom. The van der Waals surface area contributed by atoms with Gasteiger partial charge in [0.2, 0.25) is 0 Å². The molecule has 3 nitrogen and oxygen atoms in total. The van der Waals surface area contributed by atoms with Crippen LogP contribution in [0, 0.1) is 11.8 Å². The van der Waals surface area contributed by atoms with Crippen LogP contribution in [0.3, 0.4) is 0 Å². The Morgan fingerprint density at radius 1 is 1.33 bits per heavy atom. The summed E-state index contributed by atoms with van der Waals surface area (Å²) in [4.78, 5) is 0. The SMILES string of the molecule is CCS(=O)(=O)CCC(F)C(CN)C(C)C. The Morgan fingerprint density at radius 2 is 1.87 bits per heavy atom. The van der Waals surface area contributed by atoms with Crippen molar-refractivity contribution in [2.45, 2.75) is 33.4 Å². The predicted octanol–water partition coefficient (Wildman–Crippen LogP) is 1.38. The number of halogens is 1. The van der Waals surface area contributed by atoms with Gasteiger partial charge in [-0.25, -0.2) is 12.8 Å². The van der Waals surface area contributed by atoms with Gasteiger partial charge in [0.1, 0.15) is 16.0 Å². The standard InChI is InChI=1S/C10H22FNO2S/c1-4-15(13,14)6-5-10(11)9(7-12)8(2)3/h8-10H,4-7,12H2,1-3H3. The Hall–Kier alpha value is -0.160. The van der Waals surface area contributed by atoms with Gasteiger partial charge in [0.15, 0.2) is 0 Å². The number of hydrogen-bond donors (Lipinski definition) is 1. The Kier molecular flexibility index (Phi) is 6.36. The number of hydrogen-bond acceptors (Lipinski definition) is 3. The average molecular weight is 239 g/mol. The average Bonchev–Trinajstić information content (AvgIpc) is 2.15. The number of alkyl halides is 1. The van der Waals surface area contributed by atoms with Gasteiger partial charge >= 0.3 is 0 Å². The molecule has 0 spiro atoms. The molecule has 0 saturated heterocycles. The summed E-state index contributed by atoms with van der Waals surface area (Å²) in [7, 11) is -3.06. The minimum absolute atomic E-state index is 0.0657. The van der Waals surface area contributed by atoms with Crippen LogP contribution >= 0.6 is 0 Å². The molecular formula is C10H22FNO2S. The van der Waals surface area contributed by atoms with Gasteiger partial charge in [0.05, 0.1) is 5.75 Å². The van der Waals surface area contributed by atoms with Crippen LogP contribution in [0.15, 0.2) is 0 Å². The number of nitrogens with two attached hydrogens (primary N) is 1. The van der Waals surface area contributed by atoms with E-state index in [0.717, 1.165) is 0 Å². The lowest BCUT2D eigenvalue weighted by Gasteiger charge is -2.22. The molecule has 0 amide bonds. The van der Waals surface area contributed by atoms with Crippen molar-refractivity contribution < 1.29 is 12.8 Å². The lowest BCUT2D eigenvalue weighted by molar-refractivity contribution is 0.182. The second-order valence-corrected chi connectivity index (χ2v) is 6.66. The zero-order valence-corrected chi connectivity index (χ0v) is 10.6. The van der Waals surface area contributed by atoms with E-state index in [1.54, 1.807) is 6.92 Å². The molecule has 5 heteroatoms. The van der Waals surface area contributed by atoms with Crippen molar-refractivity contribution in [1.82, 2.24) is 0 Å². The molecule has 0 saturated carbocycles. The summed E-state index contributed by atoms with van der Waals surface area (Å²) in [6.45, 7) is 5.65. The highest BCUT2D eigenvalue weighted by Gasteiger charge is 2.24. The molecule has 15 heavy (non-hydrogen) atoms. The molecule has 0 aromatic heterocycles. The lowest BCUT2D eigenvalue weighted by Crippen LogP contribution is -2.31. The third kappa shape index (κ3) is 5.47. The molecule has 0 aromatic rings. The first-order valence-electron chi connectivity index (χ1n) is 5.38. The van der Waals surface area contributed by atoms with E-state index in [2.05, 4.69) is 0 Å². The normalized spacial score (nSPS) is 16.7. The fourth-order valence-electron chi connectivity index (χ4n) is 1.49. The molecule has 0 radical (unpaired) electrons. The van der Waals surface area contributed by atoms with E-state index in [4.69, 9.17) is 5.73 Å². The third-order valence-corrected chi connectivity index (χ3v) is 4.47. The van der Waals surface area contributed by atoms with E-state index < -0.39 is 16.0 Å². The molecule has 2 unspecified atom stereocenters. The van der Waals surface area contributed by atoms with E-state index in [1.807, 2.05) is 13.8 Å². The molecule has 0 bridgehead atoms. The zero-order chi connectivity index (χ0) is 12.1. The number of rotatable bonds is 7. The number of sulfone groups is 1. The van der Waals surface area contributed by atoms with E-state index in [9.17, 15) is 12.8 Å². The van der Waals surface area contributed by atoms with Crippen molar-refractivity contribution in [2.24, 2.45) is 17.6 Å². The highest BCUT2D eigenvalue weighted by Crippen LogP contribution is 2.20. The van der Waals surface area contributed by atoms with Crippen LogP contribution in [-0.4, -0.2) is 32.6 Å². The summed E-state index contributed by atoms with van der Waals surface area (Å²) in [5.74, 6) is -0.0888. The van der Waals surface area contributed by atoms with Crippen molar-refractivity contribution in [3.63, 3.8) is 0 Å². The maximum atomic E-state index is 13.6. The van der Waals surface area contributed by atoms with Crippen molar-refractivity contribution in [2.75, 3.05) is 18.1 Å². The maximum Gasteiger partial charge on any atom is 0.150 e. The zero-order valence-electron chi connectivity index (χ0n) is 9.74. The van der Waals surface area contributed by atoms with Crippen LogP contribution in [0.2, 0.25) is 0 Å². The smallest absolute Gasteiger partial charge is 0.150 e. The summed E-state index contributed by atoms with van der Waals surface area (Å²) in [6, 6.07) is 0. The molecule has 0 fully saturated rings. The van der Waals surface area contributed by atoms with Crippen LogP contribution < -0.4 is 5.73 Å². The van der Waals surface area contributed by atoms with Crippen LogP contribution in [-0.2, 0) is 9.84 Å². The van der Waals surface area contributed by atoms with Gasteiger partial charge in [-0.15, -0.1) is 0 Å².